The highest BCUT2D eigenvalue weighted by Crippen LogP contribution is 2.25. The molecule has 0 atom stereocenters. The van der Waals surface area contributed by atoms with Crippen LogP contribution in [0.25, 0.3) is 12.2 Å². The van der Waals surface area contributed by atoms with Gasteiger partial charge in [-0.2, -0.15) is 0 Å². The number of benzene rings is 2. The van der Waals surface area contributed by atoms with Gasteiger partial charge in [0.15, 0.2) is 13.6 Å². The number of aldehydes is 1. The molecule has 0 aliphatic carbocycles. The maximum absolute atomic E-state index is 10.4. The summed E-state index contributed by atoms with van der Waals surface area (Å²) in [5.41, 5.74) is 3.37. The molecule has 0 aliphatic heterocycles. The Morgan fingerprint density at radius 1 is 0.800 bits per heavy atom. The molecule has 0 saturated heterocycles. The summed E-state index contributed by atoms with van der Waals surface area (Å²) in [6.45, 7) is 5.43. The van der Waals surface area contributed by atoms with Crippen molar-refractivity contribution in [1.82, 2.24) is 0 Å². The van der Waals surface area contributed by atoms with Crippen LogP contribution in [0, 0.1) is 0 Å². The van der Waals surface area contributed by atoms with Crippen LogP contribution < -0.4 is 9.47 Å². The van der Waals surface area contributed by atoms with Crippen molar-refractivity contribution in [3.8, 4) is 11.5 Å². The van der Waals surface area contributed by atoms with Gasteiger partial charge in [0.05, 0.1) is 0 Å². The Kier molecular flexibility index (Phi) is 11.3. The highest BCUT2D eigenvalue weighted by molar-refractivity contribution is 5.71. The van der Waals surface area contributed by atoms with Crippen molar-refractivity contribution >= 4 is 18.4 Å². The molecule has 0 aliphatic rings. The van der Waals surface area contributed by atoms with Gasteiger partial charge in [-0.25, -0.2) is 0 Å². The van der Waals surface area contributed by atoms with Crippen LogP contribution >= 0.6 is 0 Å². The van der Waals surface area contributed by atoms with E-state index in [9.17, 15) is 4.79 Å². The van der Waals surface area contributed by atoms with Gasteiger partial charge in [-0.1, -0.05) is 36.4 Å². The van der Waals surface area contributed by atoms with E-state index in [1.165, 1.54) is 5.56 Å². The number of rotatable bonds is 15. The Labute approximate surface area is 179 Å². The fraction of sp³-hybridized carbons (Fsp3) is 0.400. The van der Waals surface area contributed by atoms with Crippen LogP contribution in [0.5, 0.6) is 11.5 Å². The summed E-state index contributed by atoms with van der Waals surface area (Å²) in [4.78, 5) is 10.4. The molecule has 2 rings (SSSR count). The summed E-state index contributed by atoms with van der Waals surface area (Å²) < 4.78 is 21.9. The standard InChI is InChI=1S/C25H32O5/c1-3-27-19-29-24-16-23(17-25(18-24)30-20-28-4-2)13-12-22-11-8-10-21(15-22)9-6-5-7-14-26/h8,10-18H,3-7,9,19-20H2,1-2H3. The smallest absolute Gasteiger partial charge is 0.189 e. The van der Waals surface area contributed by atoms with E-state index >= 15 is 0 Å². The van der Waals surface area contributed by atoms with Gasteiger partial charge in [-0.05, 0) is 61.9 Å². The molecule has 0 N–H and O–H groups in total. The second kappa shape index (κ2) is 14.4. The lowest BCUT2D eigenvalue weighted by molar-refractivity contribution is -0.107. The molecule has 30 heavy (non-hydrogen) atoms. The Hall–Kier alpha value is -2.63. The summed E-state index contributed by atoms with van der Waals surface area (Å²) in [7, 11) is 0. The van der Waals surface area contributed by atoms with Crippen molar-refractivity contribution in [2.24, 2.45) is 0 Å². The van der Waals surface area contributed by atoms with Crippen LogP contribution in [0.1, 0.15) is 49.8 Å². The summed E-state index contributed by atoms with van der Waals surface area (Å²) in [5, 5.41) is 0. The highest BCUT2D eigenvalue weighted by atomic mass is 16.7. The zero-order valence-electron chi connectivity index (χ0n) is 18.0. The predicted molar refractivity (Wildman–Crippen MR) is 120 cm³/mol. The number of carbonyl (C=O) groups is 1. The lowest BCUT2D eigenvalue weighted by Crippen LogP contribution is -2.04. The lowest BCUT2D eigenvalue weighted by atomic mass is 10.0. The van der Waals surface area contributed by atoms with Crippen LogP contribution in [0.3, 0.4) is 0 Å². The normalized spacial score (nSPS) is 11.0. The van der Waals surface area contributed by atoms with Gasteiger partial charge in [0, 0.05) is 25.7 Å². The van der Waals surface area contributed by atoms with E-state index in [0.29, 0.717) is 31.1 Å². The monoisotopic (exact) mass is 412 g/mol. The summed E-state index contributed by atoms with van der Waals surface area (Å²) in [6, 6.07) is 14.2. The fourth-order valence-corrected chi connectivity index (χ4v) is 2.84. The molecule has 0 amide bonds. The Bertz CT molecular complexity index is 757. The van der Waals surface area contributed by atoms with Crippen LogP contribution in [0.15, 0.2) is 42.5 Å². The molecule has 0 bridgehead atoms. The zero-order chi connectivity index (χ0) is 21.4. The second-order valence-electron chi connectivity index (χ2n) is 6.74. The first-order chi connectivity index (χ1) is 14.7. The molecular formula is C25H32O5. The second-order valence-corrected chi connectivity index (χ2v) is 6.74. The largest absolute Gasteiger partial charge is 0.467 e. The van der Waals surface area contributed by atoms with Gasteiger partial charge in [-0.15, -0.1) is 0 Å². The third-order valence-corrected chi connectivity index (χ3v) is 4.39. The van der Waals surface area contributed by atoms with Crippen LogP contribution in [0.2, 0.25) is 0 Å². The van der Waals surface area contributed by atoms with Crippen LogP contribution in [-0.4, -0.2) is 33.1 Å². The number of hydrogen-bond acceptors (Lipinski definition) is 5. The van der Waals surface area contributed by atoms with Gasteiger partial charge < -0.3 is 23.7 Å². The van der Waals surface area contributed by atoms with E-state index < -0.39 is 0 Å². The average Bonchev–Trinajstić information content (AvgIpc) is 2.76. The molecule has 0 radical (unpaired) electrons. The van der Waals surface area contributed by atoms with Crippen LogP contribution in [0.4, 0.5) is 0 Å². The van der Waals surface area contributed by atoms with E-state index in [2.05, 4.69) is 30.3 Å². The SMILES string of the molecule is CCOCOc1cc(C=Cc2cccc(CCCCC=O)c2)cc(OCOCC)c1. The summed E-state index contributed by atoms with van der Waals surface area (Å²) in [5.74, 6) is 1.36. The number of hydrogen-bond donors (Lipinski definition) is 0. The van der Waals surface area contributed by atoms with Crippen molar-refractivity contribution < 1.29 is 23.7 Å². The van der Waals surface area contributed by atoms with Crippen molar-refractivity contribution in [3.05, 3.63) is 59.2 Å². The van der Waals surface area contributed by atoms with Gasteiger partial charge >= 0.3 is 0 Å². The molecule has 5 heteroatoms. The maximum Gasteiger partial charge on any atom is 0.189 e. The number of unbranched alkanes of at least 4 members (excludes halogenated alkanes) is 2. The minimum absolute atomic E-state index is 0.195. The molecule has 0 saturated carbocycles. The molecule has 5 nitrogen and oxygen atoms in total. The van der Waals surface area contributed by atoms with E-state index in [1.807, 2.05) is 38.1 Å². The van der Waals surface area contributed by atoms with Gasteiger partial charge in [0.1, 0.15) is 17.8 Å². The minimum Gasteiger partial charge on any atom is -0.467 e. The Morgan fingerprint density at radius 2 is 1.47 bits per heavy atom. The average molecular weight is 413 g/mol. The minimum atomic E-state index is 0.195. The van der Waals surface area contributed by atoms with E-state index in [0.717, 1.165) is 36.7 Å². The zero-order valence-corrected chi connectivity index (χ0v) is 18.0. The van der Waals surface area contributed by atoms with Crippen molar-refractivity contribution in [3.63, 3.8) is 0 Å². The number of aryl methyl sites for hydroxylation is 1. The quantitative estimate of drug-likeness (QED) is 0.167. The first kappa shape index (κ1) is 23.6. The van der Waals surface area contributed by atoms with Crippen molar-refractivity contribution in [2.45, 2.75) is 39.5 Å². The third-order valence-electron chi connectivity index (χ3n) is 4.39. The van der Waals surface area contributed by atoms with Gasteiger partial charge in [0.2, 0.25) is 0 Å². The molecule has 2 aromatic carbocycles. The topological polar surface area (TPSA) is 54.0 Å². The highest BCUT2D eigenvalue weighted by Gasteiger charge is 2.03. The van der Waals surface area contributed by atoms with Crippen LogP contribution in [-0.2, 0) is 20.7 Å². The molecular weight excluding hydrogens is 380 g/mol. The number of ether oxygens (including phenoxy) is 4. The van der Waals surface area contributed by atoms with Crippen molar-refractivity contribution in [2.75, 3.05) is 26.8 Å². The fourth-order valence-electron chi connectivity index (χ4n) is 2.84. The molecule has 2 aromatic rings. The third kappa shape index (κ3) is 9.25. The predicted octanol–water partition coefficient (Wildman–Crippen LogP) is 5.51. The first-order valence-corrected chi connectivity index (χ1v) is 10.5. The molecule has 0 heterocycles. The maximum atomic E-state index is 10.4. The van der Waals surface area contributed by atoms with E-state index in [-0.39, 0.29) is 13.6 Å². The van der Waals surface area contributed by atoms with Gasteiger partial charge in [0.25, 0.3) is 0 Å². The van der Waals surface area contributed by atoms with Gasteiger partial charge in [-0.3, -0.25) is 0 Å². The molecule has 0 aromatic heterocycles. The lowest BCUT2D eigenvalue weighted by Gasteiger charge is -2.11. The van der Waals surface area contributed by atoms with Crippen molar-refractivity contribution in [1.29, 1.82) is 0 Å². The summed E-state index contributed by atoms with van der Waals surface area (Å²) in [6.07, 6.45) is 8.65. The summed E-state index contributed by atoms with van der Waals surface area (Å²) >= 11 is 0. The molecule has 162 valence electrons. The van der Waals surface area contributed by atoms with E-state index in [1.54, 1.807) is 0 Å². The number of carbonyl (C=O) groups excluding carboxylic acids is 1. The Morgan fingerprint density at radius 3 is 2.10 bits per heavy atom. The first-order valence-electron chi connectivity index (χ1n) is 10.5. The molecule has 0 spiro atoms. The molecule has 0 fully saturated rings. The van der Waals surface area contributed by atoms with E-state index in [4.69, 9.17) is 18.9 Å². The molecule has 0 unspecified atom stereocenters. The Balaban J connectivity index is 2.08.